The average molecular weight is 319 g/mol. The first-order chi connectivity index (χ1) is 11.1. The van der Waals surface area contributed by atoms with Crippen LogP contribution < -0.4 is 4.90 Å². The van der Waals surface area contributed by atoms with Crippen molar-refractivity contribution in [2.75, 3.05) is 45.2 Å². The second kappa shape index (κ2) is 7.63. The van der Waals surface area contributed by atoms with E-state index >= 15 is 0 Å². The molecule has 3 nitrogen and oxygen atoms in total. The molecule has 1 unspecified atom stereocenters. The number of hydrogen-bond donors (Lipinski definition) is 0. The van der Waals surface area contributed by atoms with Crippen molar-refractivity contribution in [3.63, 3.8) is 0 Å². The van der Waals surface area contributed by atoms with Gasteiger partial charge in [0.05, 0.1) is 0 Å². The summed E-state index contributed by atoms with van der Waals surface area (Å²) in [4.78, 5) is 7.41. The molecule has 0 bridgehead atoms. The summed E-state index contributed by atoms with van der Waals surface area (Å²) in [5.41, 5.74) is 1.03. The van der Waals surface area contributed by atoms with Gasteiger partial charge in [0.2, 0.25) is 0 Å². The highest BCUT2D eigenvalue weighted by Crippen LogP contribution is 2.24. The topological polar surface area (TPSA) is 9.72 Å². The largest absolute Gasteiger partial charge is 0.371 e. The van der Waals surface area contributed by atoms with Crippen LogP contribution in [0.1, 0.15) is 32.1 Å². The van der Waals surface area contributed by atoms with Crippen molar-refractivity contribution >= 4 is 5.69 Å². The molecule has 2 saturated heterocycles. The Balaban J connectivity index is 1.50. The minimum atomic E-state index is -0.137. The number of rotatable bonds is 4. The molecule has 2 heterocycles. The van der Waals surface area contributed by atoms with E-state index in [2.05, 4.69) is 28.8 Å². The average Bonchev–Trinajstić information content (AvgIpc) is 2.57. The molecule has 2 aliphatic rings. The fourth-order valence-electron chi connectivity index (χ4n) is 4.09. The third-order valence-electron chi connectivity index (χ3n) is 5.68. The first-order valence-corrected chi connectivity index (χ1v) is 9.04. The Morgan fingerprint density at radius 1 is 1.13 bits per heavy atom. The van der Waals surface area contributed by atoms with Gasteiger partial charge in [-0.3, -0.25) is 0 Å². The SMILES string of the molecule is CN1CCCCC1CN(C)C1CCN(c2cccc(F)c2)CC1. The number of likely N-dealkylation sites (tertiary alicyclic amines) is 1. The summed E-state index contributed by atoms with van der Waals surface area (Å²) in [6, 6.07) is 8.38. The molecule has 3 rings (SSSR count). The molecule has 2 aliphatic heterocycles. The van der Waals surface area contributed by atoms with Crippen molar-refractivity contribution in [3.05, 3.63) is 30.1 Å². The van der Waals surface area contributed by atoms with E-state index < -0.39 is 0 Å². The predicted octanol–water partition coefficient (Wildman–Crippen LogP) is 3.21. The zero-order chi connectivity index (χ0) is 16.2. The molecule has 4 heteroatoms. The lowest BCUT2D eigenvalue weighted by Crippen LogP contribution is -2.49. The Labute approximate surface area is 140 Å². The number of benzene rings is 1. The second-order valence-electron chi connectivity index (χ2n) is 7.27. The van der Waals surface area contributed by atoms with Crippen molar-refractivity contribution in [2.24, 2.45) is 0 Å². The lowest BCUT2D eigenvalue weighted by molar-refractivity contribution is 0.111. The highest BCUT2D eigenvalue weighted by Gasteiger charge is 2.26. The Kier molecular flexibility index (Phi) is 5.54. The number of halogens is 1. The van der Waals surface area contributed by atoms with Crippen LogP contribution in [0.15, 0.2) is 24.3 Å². The molecule has 128 valence electrons. The van der Waals surface area contributed by atoms with Gasteiger partial charge in [0.25, 0.3) is 0 Å². The second-order valence-corrected chi connectivity index (χ2v) is 7.27. The number of nitrogens with zero attached hydrogens (tertiary/aromatic N) is 3. The van der Waals surface area contributed by atoms with E-state index in [4.69, 9.17) is 0 Å². The van der Waals surface area contributed by atoms with Crippen LogP contribution in [0.5, 0.6) is 0 Å². The van der Waals surface area contributed by atoms with E-state index in [0.717, 1.165) is 24.8 Å². The van der Waals surface area contributed by atoms with Gasteiger partial charge in [0, 0.05) is 37.4 Å². The fraction of sp³-hybridized carbons (Fsp3) is 0.684. The van der Waals surface area contributed by atoms with Crippen molar-refractivity contribution < 1.29 is 4.39 Å². The smallest absolute Gasteiger partial charge is 0.125 e. The zero-order valence-corrected chi connectivity index (χ0v) is 14.5. The number of hydrogen-bond acceptors (Lipinski definition) is 3. The molecule has 0 aromatic heterocycles. The van der Waals surface area contributed by atoms with Crippen LogP contribution in [0.3, 0.4) is 0 Å². The summed E-state index contributed by atoms with van der Waals surface area (Å²) < 4.78 is 13.4. The van der Waals surface area contributed by atoms with Crippen LogP contribution in [0.4, 0.5) is 10.1 Å². The quantitative estimate of drug-likeness (QED) is 0.844. The van der Waals surface area contributed by atoms with Crippen molar-refractivity contribution in [2.45, 2.75) is 44.2 Å². The summed E-state index contributed by atoms with van der Waals surface area (Å²) in [6.07, 6.45) is 6.40. The van der Waals surface area contributed by atoms with Crippen molar-refractivity contribution in [1.29, 1.82) is 0 Å². The maximum Gasteiger partial charge on any atom is 0.125 e. The standard InChI is InChI=1S/C19H30FN3/c1-21-11-4-3-7-19(21)15-22(2)17-9-12-23(13-10-17)18-8-5-6-16(20)14-18/h5-6,8,14,17,19H,3-4,7,9-13,15H2,1-2H3. The summed E-state index contributed by atoms with van der Waals surface area (Å²) in [5, 5.41) is 0. The molecule has 1 aromatic carbocycles. The van der Waals surface area contributed by atoms with Crippen LogP contribution in [-0.2, 0) is 0 Å². The maximum atomic E-state index is 13.4. The minimum absolute atomic E-state index is 0.137. The van der Waals surface area contributed by atoms with Crippen LogP contribution in [0.25, 0.3) is 0 Å². The molecule has 0 amide bonds. The van der Waals surface area contributed by atoms with Crippen molar-refractivity contribution in [1.82, 2.24) is 9.80 Å². The van der Waals surface area contributed by atoms with E-state index in [1.807, 2.05) is 12.1 Å². The van der Waals surface area contributed by atoms with Crippen LogP contribution in [0.2, 0.25) is 0 Å². The summed E-state index contributed by atoms with van der Waals surface area (Å²) in [5.74, 6) is -0.137. The minimum Gasteiger partial charge on any atom is -0.371 e. The van der Waals surface area contributed by atoms with E-state index in [0.29, 0.717) is 6.04 Å². The third-order valence-corrected chi connectivity index (χ3v) is 5.68. The summed E-state index contributed by atoms with van der Waals surface area (Å²) in [6.45, 7) is 4.48. The number of piperidine rings is 2. The fourth-order valence-corrected chi connectivity index (χ4v) is 4.09. The molecular weight excluding hydrogens is 289 g/mol. The molecule has 0 radical (unpaired) electrons. The molecule has 1 atom stereocenters. The Bertz CT molecular complexity index is 499. The van der Waals surface area contributed by atoms with Crippen LogP contribution in [-0.4, -0.2) is 62.2 Å². The van der Waals surface area contributed by atoms with E-state index in [1.165, 1.54) is 51.3 Å². The summed E-state index contributed by atoms with van der Waals surface area (Å²) in [7, 11) is 4.55. The van der Waals surface area contributed by atoms with E-state index in [9.17, 15) is 4.39 Å². The molecule has 0 saturated carbocycles. The van der Waals surface area contributed by atoms with Gasteiger partial charge < -0.3 is 14.7 Å². The first-order valence-electron chi connectivity index (χ1n) is 9.04. The molecule has 2 fully saturated rings. The van der Waals surface area contributed by atoms with Gasteiger partial charge in [0.1, 0.15) is 5.82 Å². The van der Waals surface area contributed by atoms with E-state index in [1.54, 1.807) is 6.07 Å². The van der Waals surface area contributed by atoms with Gasteiger partial charge in [-0.25, -0.2) is 4.39 Å². The molecule has 0 spiro atoms. The first kappa shape index (κ1) is 16.7. The number of likely N-dealkylation sites (N-methyl/N-ethyl adjacent to an activating group) is 2. The zero-order valence-electron chi connectivity index (χ0n) is 14.5. The highest BCUT2D eigenvalue weighted by molar-refractivity contribution is 5.46. The van der Waals surface area contributed by atoms with Gasteiger partial charge in [-0.05, 0) is 64.5 Å². The molecule has 0 aliphatic carbocycles. The van der Waals surface area contributed by atoms with Crippen molar-refractivity contribution in [3.8, 4) is 0 Å². The Hall–Kier alpha value is -1.13. The van der Waals surface area contributed by atoms with Crippen LogP contribution >= 0.6 is 0 Å². The lowest BCUT2D eigenvalue weighted by Gasteiger charge is -2.41. The van der Waals surface area contributed by atoms with Gasteiger partial charge >= 0.3 is 0 Å². The third kappa shape index (κ3) is 4.24. The maximum absolute atomic E-state index is 13.4. The van der Waals surface area contributed by atoms with Gasteiger partial charge in [-0.1, -0.05) is 12.5 Å². The van der Waals surface area contributed by atoms with E-state index in [-0.39, 0.29) is 5.82 Å². The number of anilines is 1. The molecule has 0 N–H and O–H groups in total. The molecular formula is C19H30FN3. The summed E-state index contributed by atoms with van der Waals surface area (Å²) >= 11 is 0. The Morgan fingerprint density at radius 3 is 2.61 bits per heavy atom. The normalized spacial score (nSPS) is 24.3. The van der Waals surface area contributed by atoms with Gasteiger partial charge in [-0.15, -0.1) is 0 Å². The van der Waals surface area contributed by atoms with Gasteiger partial charge in [0.15, 0.2) is 0 Å². The predicted molar refractivity (Wildman–Crippen MR) is 94.5 cm³/mol. The monoisotopic (exact) mass is 319 g/mol. The van der Waals surface area contributed by atoms with Gasteiger partial charge in [-0.2, -0.15) is 0 Å². The highest BCUT2D eigenvalue weighted by atomic mass is 19.1. The Morgan fingerprint density at radius 2 is 1.91 bits per heavy atom. The lowest BCUT2D eigenvalue weighted by atomic mass is 9.99. The molecule has 23 heavy (non-hydrogen) atoms. The van der Waals surface area contributed by atoms with Crippen LogP contribution in [0, 0.1) is 5.82 Å². The molecule has 1 aromatic rings.